The van der Waals surface area contributed by atoms with Crippen LogP contribution in [0.2, 0.25) is 0 Å². The topological polar surface area (TPSA) is 66.4 Å². The Kier molecular flexibility index (Phi) is 5.18. The van der Waals surface area contributed by atoms with Crippen molar-refractivity contribution in [3.8, 4) is 0 Å². The number of hydrogen-bond acceptors (Lipinski definition) is 4. The molecule has 0 aromatic heterocycles. The predicted molar refractivity (Wildman–Crippen MR) is 79.3 cm³/mol. The van der Waals surface area contributed by atoms with Crippen LogP contribution in [-0.4, -0.2) is 32.9 Å². The molecule has 1 atom stereocenters. The summed E-state index contributed by atoms with van der Waals surface area (Å²) in [6.45, 7) is 1.47. The standard InChI is InChI=1S/C15H23NO3S/c1-20(18,19)14-8-6-13(7-9-14)15(17)11-16-10-12-4-2-3-5-12/h6-9,12,15-17H,2-5,10-11H2,1H3. The molecule has 1 aromatic carbocycles. The van der Waals surface area contributed by atoms with Gasteiger partial charge in [-0.25, -0.2) is 8.42 Å². The minimum absolute atomic E-state index is 0.285. The molecule has 1 unspecified atom stereocenters. The number of aliphatic hydroxyl groups is 1. The van der Waals surface area contributed by atoms with E-state index < -0.39 is 15.9 Å². The molecule has 0 saturated heterocycles. The van der Waals surface area contributed by atoms with E-state index in [1.807, 2.05) is 0 Å². The van der Waals surface area contributed by atoms with Gasteiger partial charge in [0.15, 0.2) is 9.84 Å². The van der Waals surface area contributed by atoms with Gasteiger partial charge in [0.25, 0.3) is 0 Å². The summed E-state index contributed by atoms with van der Waals surface area (Å²) in [6.07, 6.45) is 5.80. The van der Waals surface area contributed by atoms with Crippen LogP contribution in [0, 0.1) is 5.92 Å². The second kappa shape index (κ2) is 6.70. The molecule has 1 aliphatic rings. The Bertz CT molecular complexity index is 519. The fraction of sp³-hybridized carbons (Fsp3) is 0.600. The van der Waals surface area contributed by atoms with E-state index in [-0.39, 0.29) is 4.90 Å². The van der Waals surface area contributed by atoms with Gasteiger partial charge < -0.3 is 10.4 Å². The second-order valence-corrected chi connectivity index (χ2v) is 7.68. The van der Waals surface area contributed by atoms with Gasteiger partial charge in [-0.05, 0) is 43.0 Å². The number of aliphatic hydroxyl groups excluding tert-OH is 1. The van der Waals surface area contributed by atoms with Crippen molar-refractivity contribution in [3.05, 3.63) is 29.8 Å². The van der Waals surface area contributed by atoms with Crippen molar-refractivity contribution in [3.63, 3.8) is 0 Å². The van der Waals surface area contributed by atoms with Crippen molar-refractivity contribution < 1.29 is 13.5 Å². The Hall–Kier alpha value is -0.910. The molecule has 1 saturated carbocycles. The summed E-state index contributed by atoms with van der Waals surface area (Å²) in [4.78, 5) is 0.285. The van der Waals surface area contributed by atoms with Gasteiger partial charge in [-0.2, -0.15) is 0 Å². The third-order valence-corrected chi connectivity index (χ3v) is 5.07. The monoisotopic (exact) mass is 297 g/mol. The number of benzene rings is 1. The zero-order chi connectivity index (χ0) is 14.6. The smallest absolute Gasteiger partial charge is 0.175 e. The Morgan fingerprint density at radius 1 is 1.25 bits per heavy atom. The van der Waals surface area contributed by atoms with Crippen LogP contribution in [0.15, 0.2) is 29.2 Å². The molecule has 0 radical (unpaired) electrons. The summed E-state index contributed by atoms with van der Waals surface area (Å²) >= 11 is 0. The van der Waals surface area contributed by atoms with Crippen molar-refractivity contribution in [2.75, 3.05) is 19.3 Å². The van der Waals surface area contributed by atoms with Gasteiger partial charge in [-0.3, -0.25) is 0 Å². The van der Waals surface area contributed by atoms with E-state index in [2.05, 4.69) is 5.32 Å². The van der Waals surface area contributed by atoms with Crippen LogP contribution in [-0.2, 0) is 9.84 Å². The van der Waals surface area contributed by atoms with Gasteiger partial charge in [0.05, 0.1) is 11.0 Å². The molecule has 0 heterocycles. The summed E-state index contributed by atoms with van der Waals surface area (Å²) in [5, 5.41) is 13.4. The fourth-order valence-electron chi connectivity index (χ4n) is 2.69. The van der Waals surface area contributed by atoms with E-state index in [0.717, 1.165) is 18.0 Å². The molecule has 5 heteroatoms. The predicted octanol–water partition coefficient (Wildman–Crippen LogP) is 1.90. The average molecular weight is 297 g/mol. The first-order valence-corrected chi connectivity index (χ1v) is 9.05. The minimum atomic E-state index is -3.17. The minimum Gasteiger partial charge on any atom is -0.387 e. The maximum Gasteiger partial charge on any atom is 0.175 e. The lowest BCUT2D eigenvalue weighted by Crippen LogP contribution is -2.26. The molecule has 2 rings (SSSR count). The van der Waals surface area contributed by atoms with Crippen molar-refractivity contribution >= 4 is 9.84 Å². The molecular weight excluding hydrogens is 274 g/mol. The zero-order valence-corrected chi connectivity index (χ0v) is 12.7. The summed E-state index contributed by atoms with van der Waals surface area (Å²) in [7, 11) is -3.17. The van der Waals surface area contributed by atoms with Crippen molar-refractivity contribution in [2.24, 2.45) is 5.92 Å². The van der Waals surface area contributed by atoms with Crippen LogP contribution >= 0.6 is 0 Å². The van der Waals surface area contributed by atoms with E-state index in [1.54, 1.807) is 24.3 Å². The second-order valence-electron chi connectivity index (χ2n) is 5.67. The van der Waals surface area contributed by atoms with Gasteiger partial charge in [-0.1, -0.05) is 25.0 Å². The van der Waals surface area contributed by atoms with Crippen molar-refractivity contribution in [2.45, 2.75) is 36.7 Å². The average Bonchev–Trinajstić information content (AvgIpc) is 2.91. The normalized spacial score (nSPS) is 18.3. The van der Waals surface area contributed by atoms with Gasteiger partial charge in [0.1, 0.15) is 0 Å². The lowest BCUT2D eigenvalue weighted by Gasteiger charge is -2.15. The van der Waals surface area contributed by atoms with E-state index in [0.29, 0.717) is 6.54 Å². The van der Waals surface area contributed by atoms with E-state index >= 15 is 0 Å². The molecule has 1 aliphatic carbocycles. The van der Waals surface area contributed by atoms with Crippen LogP contribution < -0.4 is 5.32 Å². The number of nitrogens with one attached hydrogen (secondary N) is 1. The first-order chi connectivity index (χ1) is 9.47. The van der Waals surface area contributed by atoms with Gasteiger partial charge in [0, 0.05) is 12.8 Å². The molecule has 2 N–H and O–H groups in total. The summed E-state index contributed by atoms with van der Waals surface area (Å²) in [6, 6.07) is 6.45. The molecular formula is C15H23NO3S. The quantitative estimate of drug-likeness (QED) is 0.841. The Balaban J connectivity index is 1.84. The molecule has 4 nitrogen and oxygen atoms in total. The summed E-state index contributed by atoms with van der Waals surface area (Å²) in [5.41, 5.74) is 0.747. The van der Waals surface area contributed by atoms with Crippen LogP contribution in [0.4, 0.5) is 0 Å². The lowest BCUT2D eigenvalue weighted by atomic mass is 10.1. The fourth-order valence-corrected chi connectivity index (χ4v) is 3.32. The summed E-state index contributed by atoms with van der Waals surface area (Å²) < 4.78 is 22.7. The SMILES string of the molecule is CS(=O)(=O)c1ccc(C(O)CNCC2CCCC2)cc1. The number of hydrogen-bond donors (Lipinski definition) is 2. The third-order valence-electron chi connectivity index (χ3n) is 3.94. The van der Waals surface area contributed by atoms with Crippen LogP contribution in [0.5, 0.6) is 0 Å². The largest absolute Gasteiger partial charge is 0.387 e. The van der Waals surface area contributed by atoms with E-state index in [4.69, 9.17) is 0 Å². The lowest BCUT2D eigenvalue weighted by molar-refractivity contribution is 0.172. The highest BCUT2D eigenvalue weighted by molar-refractivity contribution is 7.90. The first-order valence-electron chi connectivity index (χ1n) is 7.15. The first kappa shape index (κ1) is 15.5. The van der Waals surface area contributed by atoms with Crippen LogP contribution in [0.25, 0.3) is 0 Å². The molecule has 0 aliphatic heterocycles. The van der Waals surface area contributed by atoms with Crippen molar-refractivity contribution in [1.29, 1.82) is 0 Å². The molecule has 20 heavy (non-hydrogen) atoms. The highest BCUT2D eigenvalue weighted by Crippen LogP contribution is 2.24. The molecule has 0 amide bonds. The third kappa shape index (κ3) is 4.30. The van der Waals surface area contributed by atoms with Crippen LogP contribution in [0.3, 0.4) is 0 Å². The molecule has 0 bridgehead atoms. The molecule has 112 valence electrons. The molecule has 1 fully saturated rings. The van der Waals surface area contributed by atoms with E-state index in [1.165, 1.54) is 31.9 Å². The van der Waals surface area contributed by atoms with Gasteiger partial charge in [0.2, 0.25) is 0 Å². The number of sulfone groups is 1. The van der Waals surface area contributed by atoms with Gasteiger partial charge >= 0.3 is 0 Å². The maximum absolute atomic E-state index is 11.4. The molecule has 0 spiro atoms. The number of rotatable bonds is 6. The van der Waals surface area contributed by atoms with E-state index in [9.17, 15) is 13.5 Å². The Morgan fingerprint density at radius 3 is 2.40 bits per heavy atom. The Labute approximate surface area is 121 Å². The maximum atomic E-state index is 11.4. The molecule has 1 aromatic rings. The Morgan fingerprint density at radius 2 is 1.85 bits per heavy atom. The van der Waals surface area contributed by atoms with Crippen molar-refractivity contribution in [1.82, 2.24) is 5.32 Å². The van der Waals surface area contributed by atoms with Gasteiger partial charge in [-0.15, -0.1) is 0 Å². The highest BCUT2D eigenvalue weighted by Gasteiger charge is 2.15. The summed E-state index contributed by atoms with van der Waals surface area (Å²) in [5.74, 6) is 0.745. The van der Waals surface area contributed by atoms with Crippen LogP contribution in [0.1, 0.15) is 37.4 Å². The highest BCUT2D eigenvalue weighted by atomic mass is 32.2. The zero-order valence-electron chi connectivity index (χ0n) is 11.9.